The molecule has 2 bridgehead atoms. The Balaban J connectivity index is 0.00000176. The van der Waals surface area contributed by atoms with E-state index >= 15 is 0 Å². The van der Waals surface area contributed by atoms with Crippen LogP contribution in [0.4, 0.5) is 0 Å². The summed E-state index contributed by atoms with van der Waals surface area (Å²) in [6.45, 7) is 0.741. The highest BCUT2D eigenvalue weighted by atomic mass is 127. The van der Waals surface area contributed by atoms with Crippen molar-refractivity contribution in [3.8, 4) is 5.75 Å². The summed E-state index contributed by atoms with van der Waals surface area (Å²) in [5.41, 5.74) is 1.20. The van der Waals surface area contributed by atoms with Crippen LogP contribution in [0.1, 0.15) is 24.8 Å². The van der Waals surface area contributed by atoms with E-state index in [4.69, 9.17) is 9.47 Å². The minimum absolute atomic E-state index is 0. The van der Waals surface area contributed by atoms with E-state index in [0.29, 0.717) is 18.2 Å². The molecule has 0 saturated carbocycles. The smallest absolute Gasteiger partial charge is 0.191 e. The average molecular weight is 417 g/mol. The number of rotatable bonds is 4. The quantitative estimate of drug-likeness (QED) is 0.449. The summed E-state index contributed by atoms with van der Waals surface area (Å²) in [5.74, 6) is 1.72. The van der Waals surface area contributed by atoms with Crippen molar-refractivity contribution in [2.24, 2.45) is 4.99 Å². The van der Waals surface area contributed by atoms with E-state index in [9.17, 15) is 0 Å². The van der Waals surface area contributed by atoms with Crippen molar-refractivity contribution in [3.05, 3.63) is 29.8 Å². The number of hydrogen-bond donors (Lipinski definition) is 2. The van der Waals surface area contributed by atoms with Gasteiger partial charge in [0.1, 0.15) is 5.75 Å². The molecular formula is C16H24IN3O2. The molecule has 122 valence electrons. The van der Waals surface area contributed by atoms with Crippen LogP contribution in [-0.2, 0) is 11.3 Å². The first kappa shape index (κ1) is 17.3. The molecule has 2 saturated heterocycles. The Morgan fingerprint density at radius 3 is 2.64 bits per heavy atom. The van der Waals surface area contributed by atoms with Crippen molar-refractivity contribution >= 4 is 29.9 Å². The molecule has 5 nitrogen and oxygen atoms in total. The third-order valence-corrected chi connectivity index (χ3v) is 4.27. The number of methoxy groups -OCH3 is 1. The highest BCUT2D eigenvalue weighted by molar-refractivity contribution is 14.0. The van der Waals surface area contributed by atoms with Crippen LogP contribution in [0.2, 0.25) is 0 Å². The number of ether oxygens (including phenoxy) is 2. The second-order valence-electron chi connectivity index (χ2n) is 5.63. The Bertz CT molecular complexity index is 507. The number of nitrogens with one attached hydrogen (secondary N) is 2. The third-order valence-electron chi connectivity index (χ3n) is 4.27. The van der Waals surface area contributed by atoms with Crippen LogP contribution < -0.4 is 15.4 Å². The molecule has 3 rings (SSSR count). The first-order valence-corrected chi connectivity index (χ1v) is 7.54. The standard InChI is InChI=1S/C16H23N3O2.HI/c1-17-16(19-14-9-13-7-8-15(14)21-13)18-10-11-3-5-12(20-2)6-4-11;/h3-6,13-15H,7-10H2,1-2H3,(H2,17,18,19);1H. The zero-order valence-electron chi connectivity index (χ0n) is 13.0. The highest BCUT2D eigenvalue weighted by Crippen LogP contribution is 2.34. The number of nitrogens with zero attached hydrogens (tertiary/aromatic N) is 1. The molecule has 2 N–H and O–H groups in total. The van der Waals surface area contributed by atoms with Gasteiger partial charge in [-0.1, -0.05) is 12.1 Å². The van der Waals surface area contributed by atoms with Crippen molar-refractivity contribution in [2.45, 2.75) is 44.1 Å². The van der Waals surface area contributed by atoms with Gasteiger partial charge in [-0.2, -0.15) is 0 Å². The topological polar surface area (TPSA) is 54.9 Å². The van der Waals surface area contributed by atoms with Gasteiger partial charge in [0, 0.05) is 13.6 Å². The van der Waals surface area contributed by atoms with E-state index in [-0.39, 0.29) is 24.0 Å². The molecular weight excluding hydrogens is 393 g/mol. The second kappa shape index (κ2) is 8.01. The predicted molar refractivity (Wildman–Crippen MR) is 98.0 cm³/mol. The van der Waals surface area contributed by atoms with Gasteiger partial charge in [-0.05, 0) is 37.0 Å². The van der Waals surface area contributed by atoms with E-state index in [2.05, 4.69) is 27.8 Å². The first-order valence-electron chi connectivity index (χ1n) is 7.54. The van der Waals surface area contributed by atoms with Gasteiger partial charge in [-0.3, -0.25) is 4.99 Å². The highest BCUT2D eigenvalue weighted by Gasteiger charge is 2.41. The fourth-order valence-electron chi connectivity index (χ4n) is 3.09. The molecule has 1 aromatic rings. The van der Waals surface area contributed by atoms with Crippen LogP contribution >= 0.6 is 24.0 Å². The van der Waals surface area contributed by atoms with E-state index in [0.717, 1.165) is 31.1 Å². The fourth-order valence-corrected chi connectivity index (χ4v) is 3.09. The Morgan fingerprint density at radius 2 is 2.09 bits per heavy atom. The van der Waals surface area contributed by atoms with Crippen LogP contribution in [0.25, 0.3) is 0 Å². The summed E-state index contributed by atoms with van der Waals surface area (Å²) in [4.78, 5) is 4.30. The molecule has 3 unspecified atom stereocenters. The number of fused-ring (bicyclic) bond motifs is 2. The summed E-state index contributed by atoms with van der Waals surface area (Å²) in [5, 5.41) is 6.83. The maximum atomic E-state index is 5.86. The average Bonchev–Trinajstić information content (AvgIpc) is 3.14. The van der Waals surface area contributed by atoms with Crippen LogP contribution in [0.3, 0.4) is 0 Å². The van der Waals surface area contributed by atoms with Gasteiger partial charge in [0.2, 0.25) is 0 Å². The van der Waals surface area contributed by atoms with E-state index < -0.39 is 0 Å². The maximum Gasteiger partial charge on any atom is 0.191 e. The molecule has 0 radical (unpaired) electrons. The molecule has 0 spiro atoms. The zero-order chi connectivity index (χ0) is 14.7. The molecule has 2 heterocycles. The lowest BCUT2D eigenvalue weighted by Gasteiger charge is -2.22. The van der Waals surface area contributed by atoms with Crippen LogP contribution in [-0.4, -0.2) is 38.4 Å². The first-order chi connectivity index (χ1) is 10.3. The van der Waals surface area contributed by atoms with Gasteiger partial charge in [0.15, 0.2) is 5.96 Å². The SMILES string of the molecule is CN=C(NCc1ccc(OC)cc1)NC1CC2CCC1O2.I. The molecule has 6 heteroatoms. The van der Waals surface area contributed by atoms with Gasteiger partial charge in [0.25, 0.3) is 0 Å². The Labute approximate surface area is 148 Å². The Morgan fingerprint density at radius 1 is 1.32 bits per heavy atom. The summed E-state index contributed by atoms with van der Waals surface area (Å²) in [7, 11) is 3.48. The molecule has 0 amide bonds. The molecule has 0 aliphatic carbocycles. The van der Waals surface area contributed by atoms with Gasteiger partial charge in [-0.15, -0.1) is 24.0 Å². The fraction of sp³-hybridized carbons (Fsp3) is 0.562. The number of aliphatic imine (C=N–C) groups is 1. The Kier molecular flexibility index (Phi) is 6.31. The lowest BCUT2D eigenvalue weighted by Crippen LogP contribution is -2.47. The molecule has 2 aliphatic rings. The number of hydrogen-bond acceptors (Lipinski definition) is 3. The van der Waals surface area contributed by atoms with Crippen molar-refractivity contribution in [2.75, 3.05) is 14.2 Å². The van der Waals surface area contributed by atoms with Crippen LogP contribution in [0, 0.1) is 0 Å². The molecule has 2 fully saturated rings. The lowest BCUT2D eigenvalue weighted by atomic mass is 9.96. The van der Waals surface area contributed by atoms with Gasteiger partial charge < -0.3 is 20.1 Å². The summed E-state index contributed by atoms with van der Waals surface area (Å²) in [6, 6.07) is 8.44. The lowest BCUT2D eigenvalue weighted by molar-refractivity contribution is 0.0992. The minimum Gasteiger partial charge on any atom is -0.497 e. The number of guanidine groups is 1. The zero-order valence-corrected chi connectivity index (χ0v) is 15.4. The molecule has 0 aromatic heterocycles. The molecule has 2 aliphatic heterocycles. The number of benzene rings is 1. The molecule has 1 aromatic carbocycles. The van der Waals surface area contributed by atoms with E-state index in [1.807, 2.05) is 12.1 Å². The van der Waals surface area contributed by atoms with Crippen LogP contribution in [0.15, 0.2) is 29.3 Å². The number of halogens is 1. The third kappa shape index (κ3) is 4.04. The van der Waals surface area contributed by atoms with Crippen LogP contribution in [0.5, 0.6) is 5.75 Å². The maximum absolute atomic E-state index is 5.86. The van der Waals surface area contributed by atoms with Gasteiger partial charge >= 0.3 is 0 Å². The molecule has 22 heavy (non-hydrogen) atoms. The monoisotopic (exact) mass is 417 g/mol. The summed E-state index contributed by atoms with van der Waals surface area (Å²) in [6.07, 6.45) is 4.27. The van der Waals surface area contributed by atoms with Crippen molar-refractivity contribution < 1.29 is 9.47 Å². The van der Waals surface area contributed by atoms with E-state index in [1.54, 1.807) is 14.2 Å². The van der Waals surface area contributed by atoms with Crippen molar-refractivity contribution in [3.63, 3.8) is 0 Å². The molecule has 3 atom stereocenters. The normalized spacial score (nSPS) is 26.5. The van der Waals surface area contributed by atoms with Gasteiger partial charge in [0.05, 0.1) is 25.4 Å². The summed E-state index contributed by atoms with van der Waals surface area (Å²) >= 11 is 0. The second-order valence-corrected chi connectivity index (χ2v) is 5.63. The van der Waals surface area contributed by atoms with Gasteiger partial charge in [-0.25, -0.2) is 0 Å². The predicted octanol–water partition coefficient (Wildman–Crippen LogP) is 2.30. The largest absolute Gasteiger partial charge is 0.497 e. The summed E-state index contributed by atoms with van der Waals surface area (Å²) < 4.78 is 11.0. The minimum atomic E-state index is 0. The van der Waals surface area contributed by atoms with Crippen molar-refractivity contribution in [1.29, 1.82) is 0 Å². The van der Waals surface area contributed by atoms with E-state index in [1.165, 1.54) is 12.0 Å². The Hall–Kier alpha value is -1.02. The van der Waals surface area contributed by atoms with Crippen molar-refractivity contribution in [1.82, 2.24) is 10.6 Å².